The van der Waals surface area contributed by atoms with E-state index in [4.69, 9.17) is 0 Å². The summed E-state index contributed by atoms with van der Waals surface area (Å²) >= 11 is 0. The van der Waals surface area contributed by atoms with Gasteiger partial charge in [0.15, 0.2) is 0 Å². The lowest BCUT2D eigenvalue weighted by Crippen LogP contribution is -2.54. The molecule has 1 aliphatic rings. The van der Waals surface area contributed by atoms with E-state index in [1.54, 1.807) is 0 Å². The number of hydrogen-bond acceptors (Lipinski definition) is 2. The van der Waals surface area contributed by atoms with Gasteiger partial charge in [0.25, 0.3) is 0 Å². The van der Waals surface area contributed by atoms with Crippen molar-refractivity contribution < 1.29 is 8.78 Å². The minimum atomic E-state index is -2.53. The molecular formula is C12H24F2N2. The van der Waals surface area contributed by atoms with Crippen molar-refractivity contribution in [3.05, 3.63) is 0 Å². The fourth-order valence-electron chi connectivity index (χ4n) is 2.16. The second kappa shape index (κ2) is 5.41. The second-order valence-electron chi connectivity index (χ2n) is 5.29. The molecular weight excluding hydrogens is 210 g/mol. The van der Waals surface area contributed by atoms with Gasteiger partial charge in [-0.05, 0) is 27.7 Å². The van der Waals surface area contributed by atoms with Crippen molar-refractivity contribution in [2.45, 2.75) is 52.1 Å². The van der Waals surface area contributed by atoms with Gasteiger partial charge in [0.1, 0.15) is 0 Å². The molecule has 0 amide bonds. The van der Waals surface area contributed by atoms with E-state index in [0.717, 1.165) is 26.6 Å². The van der Waals surface area contributed by atoms with Gasteiger partial charge in [-0.2, -0.15) is 0 Å². The average molecular weight is 234 g/mol. The maximum absolute atomic E-state index is 12.8. The van der Waals surface area contributed by atoms with Crippen molar-refractivity contribution >= 4 is 0 Å². The first kappa shape index (κ1) is 13.8. The monoisotopic (exact) mass is 234 g/mol. The topological polar surface area (TPSA) is 6.48 Å². The van der Waals surface area contributed by atoms with Crippen molar-refractivity contribution in [2.75, 3.05) is 26.2 Å². The van der Waals surface area contributed by atoms with Gasteiger partial charge in [-0.15, -0.1) is 0 Å². The maximum atomic E-state index is 12.8. The molecule has 0 radical (unpaired) electrons. The summed E-state index contributed by atoms with van der Waals surface area (Å²) in [6.07, 6.45) is -0.0288. The molecule has 0 saturated carbocycles. The zero-order valence-electron chi connectivity index (χ0n) is 10.8. The predicted molar refractivity (Wildman–Crippen MR) is 63.0 cm³/mol. The predicted octanol–water partition coefficient (Wildman–Crippen LogP) is 2.45. The van der Waals surface area contributed by atoms with Crippen molar-refractivity contribution in [1.29, 1.82) is 0 Å². The summed E-state index contributed by atoms with van der Waals surface area (Å²) in [6.45, 7) is 10.9. The average Bonchev–Trinajstić information content (AvgIpc) is 2.14. The van der Waals surface area contributed by atoms with Gasteiger partial charge in [-0.3, -0.25) is 9.80 Å². The minimum absolute atomic E-state index is 0.0288. The van der Waals surface area contributed by atoms with E-state index in [0.29, 0.717) is 18.6 Å². The smallest absolute Gasteiger partial charge is 0.246 e. The van der Waals surface area contributed by atoms with Crippen molar-refractivity contribution in [2.24, 2.45) is 0 Å². The summed E-state index contributed by atoms with van der Waals surface area (Å²) in [4.78, 5) is 4.58. The summed E-state index contributed by atoms with van der Waals surface area (Å²) in [5, 5.41) is 0. The third-order valence-electron chi connectivity index (χ3n) is 3.36. The van der Waals surface area contributed by atoms with Crippen LogP contribution in [0.15, 0.2) is 0 Å². The van der Waals surface area contributed by atoms with Crippen molar-refractivity contribution in [1.82, 2.24) is 9.80 Å². The minimum Gasteiger partial charge on any atom is -0.298 e. The second-order valence-corrected chi connectivity index (χ2v) is 5.29. The SMILES string of the molecule is CC(C)N1CCN(CCC(C)(F)F)C(C)C1. The van der Waals surface area contributed by atoms with Crippen LogP contribution in [0.1, 0.15) is 34.1 Å². The Hall–Kier alpha value is -0.220. The summed E-state index contributed by atoms with van der Waals surface area (Å²) in [6, 6.07) is 0.940. The molecule has 0 N–H and O–H groups in total. The van der Waals surface area contributed by atoms with Crippen LogP contribution in [0, 0.1) is 0 Å². The molecule has 1 heterocycles. The Bertz CT molecular complexity index is 214. The first-order valence-corrected chi connectivity index (χ1v) is 6.15. The van der Waals surface area contributed by atoms with Crippen LogP contribution in [0.5, 0.6) is 0 Å². The van der Waals surface area contributed by atoms with Gasteiger partial charge in [-0.1, -0.05) is 0 Å². The van der Waals surface area contributed by atoms with Crippen LogP contribution < -0.4 is 0 Å². The van der Waals surface area contributed by atoms with Crippen LogP contribution in [-0.4, -0.2) is 54.0 Å². The molecule has 0 bridgehead atoms. The van der Waals surface area contributed by atoms with Crippen molar-refractivity contribution in [3.63, 3.8) is 0 Å². The number of halogens is 2. The van der Waals surface area contributed by atoms with Crippen molar-refractivity contribution in [3.8, 4) is 0 Å². The number of hydrogen-bond donors (Lipinski definition) is 0. The molecule has 0 aromatic rings. The van der Waals surface area contributed by atoms with Gasteiger partial charge < -0.3 is 0 Å². The normalized spacial score (nSPS) is 25.3. The van der Waals surface area contributed by atoms with Crippen LogP contribution in [0.2, 0.25) is 0 Å². The third kappa shape index (κ3) is 4.34. The third-order valence-corrected chi connectivity index (χ3v) is 3.36. The first-order valence-electron chi connectivity index (χ1n) is 6.15. The van der Waals surface area contributed by atoms with E-state index in [2.05, 4.69) is 30.6 Å². The lowest BCUT2D eigenvalue weighted by molar-refractivity contribution is -0.0114. The van der Waals surface area contributed by atoms with E-state index in [1.165, 1.54) is 0 Å². The molecule has 1 atom stereocenters. The first-order chi connectivity index (χ1) is 7.29. The summed E-state index contributed by atoms with van der Waals surface area (Å²) in [5.74, 6) is -2.53. The molecule has 0 aliphatic carbocycles. The summed E-state index contributed by atoms with van der Waals surface area (Å²) in [5.41, 5.74) is 0. The Labute approximate surface area is 97.6 Å². The molecule has 4 heteroatoms. The largest absolute Gasteiger partial charge is 0.298 e. The van der Waals surface area contributed by atoms with Gasteiger partial charge in [0.2, 0.25) is 5.92 Å². The molecule has 1 unspecified atom stereocenters. The standard InChI is InChI=1S/C12H24F2N2/c1-10(2)16-8-7-15(11(3)9-16)6-5-12(4,13)14/h10-11H,5-9H2,1-4H3. The number of piperazine rings is 1. The molecule has 1 saturated heterocycles. The Morgan fingerprint density at radius 1 is 1.31 bits per heavy atom. The Kier molecular flexibility index (Phi) is 4.68. The zero-order valence-corrected chi connectivity index (χ0v) is 10.8. The van der Waals surface area contributed by atoms with Crippen LogP contribution in [0.3, 0.4) is 0 Å². The highest BCUT2D eigenvalue weighted by atomic mass is 19.3. The van der Waals surface area contributed by atoms with Crippen LogP contribution >= 0.6 is 0 Å². The van der Waals surface area contributed by atoms with Crippen LogP contribution in [0.25, 0.3) is 0 Å². The van der Waals surface area contributed by atoms with E-state index in [-0.39, 0.29) is 6.42 Å². The molecule has 1 aliphatic heterocycles. The van der Waals surface area contributed by atoms with Gasteiger partial charge in [0.05, 0.1) is 0 Å². The van der Waals surface area contributed by atoms with Crippen LogP contribution in [0.4, 0.5) is 8.78 Å². The van der Waals surface area contributed by atoms with E-state index in [9.17, 15) is 8.78 Å². The number of alkyl halides is 2. The van der Waals surface area contributed by atoms with E-state index < -0.39 is 5.92 Å². The summed E-state index contributed by atoms with van der Waals surface area (Å²) < 4.78 is 25.5. The van der Waals surface area contributed by atoms with Gasteiger partial charge in [0, 0.05) is 44.7 Å². The Morgan fingerprint density at radius 2 is 1.94 bits per heavy atom. The maximum Gasteiger partial charge on any atom is 0.246 e. The lowest BCUT2D eigenvalue weighted by atomic mass is 10.1. The number of rotatable bonds is 4. The Balaban J connectivity index is 2.36. The summed E-state index contributed by atoms with van der Waals surface area (Å²) in [7, 11) is 0. The highest BCUT2D eigenvalue weighted by Crippen LogP contribution is 2.19. The van der Waals surface area contributed by atoms with Gasteiger partial charge in [-0.25, -0.2) is 8.78 Å². The fraction of sp³-hybridized carbons (Fsp3) is 1.00. The lowest BCUT2D eigenvalue weighted by Gasteiger charge is -2.42. The molecule has 0 aromatic heterocycles. The number of nitrogens with zero attached hydrogens (tertiary/aromatic N) is 2. The Morgan fingerprint density at radius 3 is 2.38 bits per heavy atom. The quantitative estimate of drug-likeness (QED) is 0.737. The molecule has 96 valence electrons. The molecule has 1 fully saturated rings. The zero-order chi connectivity index (χ0) is 12.3. The molecule has 16 heavy (non-hydrogen) atoms. The van der Waals surface area contributed by atoms with Crippen LogP contribution in [-0.2, 0) is 0 Å². The fourth-order valence-corrected chi connectivity index (χ4v) is 2.16. The van der Waals surface area contributed by atoms with E-state index in [1.807, 2.05) is 0 Å². The molecule has 2 nitrogen and oxygen atoms in total. The molecule has 1 rings (SSSR count). The highest BCUT2D eigenvalue weighted by molar-refractivity contribution is 4.81. The molecule has 0 aromatic carbocycles. The van der Waals surface area contributed by atoms with Gasteiger partial charge >= 0.3 is 0 Å². The molecule has 0 spiro atoms. The van der Waals surface area contributed by atoms with E-state index >= 15 is 0 Å². The highest BCUT2D eigenvalue weighted by Gasteiger charge is 2.28.